The largest absolute Gasteiger partial charge is 0.479 e. The van der Waals surface area contributed by atoms with Gasteiger partial charge in [0.05, 0.1) is 6.61 Å². The van der Waals surface area contributed by atoms with Crippen LogP contribution < -0.4 is 0 Å². The van der Waals surface area contributed by atoms with E-state index in [9.17, 15) is 34.5 Å². The van der Waals surface area contributed by atoms with Crippen molar-refractivity contribution in [2.75, 3.05) is 13.2 Å². The van der Waals surface area contributed by atoms with Gasteiger partial charge in [0.15, 0.2) is 24.6 Å². The van der Waals surface area contributed by atoms with E-state index in [0.717, 1.165) is 173 Å². The standard InChI is InChI=1S/C71H114O12/c1-4-7-10-13-16-19-22-25-28-31-32-35-36-39-42-45-48-51-54-57-63(72)79-60-62(81-64(73)58-55-52-49-46-43-40-37-33-29-26-23-20-17-14-11-8-5-2)61-80-71-69(67(76)66(75)68(83-71)70(77)78)82-65(74)59-56-53-50-47-44-41-38-34-30-27-24-21-18-15-12-9-6-3/h7-8,10-11,16-21,25-30,32,35,39,42,62,66-69,71,75-76H,4-6,9,12-15,22-24,31,33-34,36-38,40-41,43-61H2,1-3H3,(H,77,78)/b10-7-,11-8-,19-16-,20-17-,21-18-,28-25-,29-26-,30-27-,35-32-,42-39-. The van der Waals surface area contributed by atoms with Gasteiger partial charge in [0.25, 0.3) is 0 Å². The van der Waals surface area contributed by atoms with Crippen molar-refractivity contribution in [2.24, 2.45) is 0 Å². The fourth-order valence-corrected chi connectivity index (χ4v) is 9.09. The topological polar surface area (TPSA) is 175 Å². The van der Waals surface area contributed by atoms with Crippen LogP contribution in [0.15, 0.2) is 122 Å². The van der Waals surface area contributed by atoms with Crippen LogP contribution in [0.3, 0.4) is 0 Å². The van der Waals surface area contributed by atoms with Crippen molar-refractivity contribution < 1.29 is 58.2 Å². The van der Waals surface area contributed by atoms with Gasteiger partial charge in [-0.05, 0) is 128 Å². The quantitative estimate of drug-likeness (QED) is 0.0228. The summed E-state index contributed by atoms with van der Waals surface area (Å²) in [5.74, 6) is -3.19. The average molecular weight is 1160 g/mol. The molecule has 0 amide bonds. The van der Waals surface area contributed by atoms with Crippen LogP contribution in [-0.2, 0) is 42.9 Å². The smallest absolute Gasteiger partial charge is 0.335 e. The second kappa shape index (κ2) is 57.5. The first-order valence-electron chi connectivity index (χ1n) is 32.5. The summed E-state index contributed by atoms with van der Waals surface area (Å²) in [6.45, 7) is 5.72. The number of carbonyl (C=O) groups excluding carboxylic acids is 3. The Bertz CT molecular complexity index is 1900. The first kappa shape index (κ1) is 76.1. The number of allylic oxidation sites excluding steroid dienone is 20. The maximum atomic E-state index is 13.2. The zero-order valence-corrected chi connectivity index (χ0v) is 51.9. The lowest BCUT2D eigenvalue weighted by atomic mass is 9.98. The second-order valence-electron chi connectivity index (χ2n) is 21.6. The Morgan fingerprint density at radius 3 is 1.17 bits per heavy atom. The number of ether oxygens (including phenoxy) is 5. The van der Waals surface area contributed by atoms with E-state index in [2.05, 4.69) is 142 Å². The molecule has 12 nitrogen and oxygen atoms in total. The Labute approximate surface area is 503 Å². The minimum atomic E-state index is -1.92. The number of carboxylic acids is 1. The summed E-state index contributed by atoms with van der Waals surface area (Å²) in [7, 11) is 0. The van der Waals surface area contributed by atoms with E-state index in [1.807, 2.05) is 0 Å². The van der Waals surface area contributed by atoms with Crippen LogP contribution in [0.25, 0.3) is 0 Å². The minimum absolute atomic E-state index is 0.0412. The molecule has 3 N–H and O–H groups in total. The number of aliphatic carboxylic acids is 1. The van der Waals surface area contributed by atoms with Gasteiger partial charge in [-0.15, -0.1) is 0 Å². The second-order valence-corrected chi connectivity index (χ2v) is 21.6. The maximum absolute atomic E-state index is 13.2. The molecule has 0 aromatic rings. The lowest BCUT2D eigenvalue weighted by molar-refractivity contribution is -0.301. The average Bonchev–Trinajstić information content (AvgIpc) is 3.59. The molecule has 470 valence electrons. The van der Waals surface area contributed by atoms with E-state index in [1.54, 1.807) is 0 Å². The SMILES string of the molecule is CC/C=C\C/C=C\C/C=C\C/C=C\C/C=C\CCCCCC(=O)OCC(COC1OC(C(=O)O)C(O)C(O)C1OC(=O)CCCCCCCCC/C=C\C/C=C\CCCCC)OC(=O)CCCCCCCCC/C=C\C/C=C\C/C=C\CC. The van der Waals surface area contributed by atoms with Gasteiger partial charge in [-0.2, -0.15) is 0 Å². The Morgan fingerprint density at radius 1 is 0.410 bits per heavy atom. The highest BCUT2D eigenvalue weighted by atomic mass is 16.7. The van der Waals surface area contributed by atoms with Gasteiger partial charge in [-0.3, -0.25) is 14.4 Å². The highest BCUT2D eigenvalue weighted by molar-refractivity contribution is 5.74. The number of hydrogen-bond donors (Lipinski definition) is 3. The van der Waals surface area contributed by atoms with Crippen molar-refractivity contribution >= 4 is 23.9 Å². The summed E-state index contributed by atoms with van der Waals surface area (Å²) in [5, 5.41) is 31.6. The van der Waals surface area contributed by atoms with E-state index < -0.39 is 67.3 Å². The van der Waals surface area contributed by atoms with Crippen LogP contribution in [0.1, 0.15) is 252 Å². The highest BCUT2D eigenvalue weighted by Crippen LogP contribution is 2.26. The molecule has 1 aliphatic rings. The third kappa shape index (κ3) is 47.1. The molecule has 0 aromatic carbocycles. The Morgan fingerprint density at radius 2 is 0.759 bits per heavy atom. The van der Waals surface area contributed by atoms with E-state index >= 15 is 0 Å². The summed E-state index contributed by atoms with van der Waals surface area (Å²) in [5.41, 5.74) is 0. The van der Waals surface area contributed by atoms with Gasteiger partial charge in [0, 0.05) is 19.3 Å². The molecule has 0 saturated carbocycles. The molecule has 6 unspecified atom stereocenters. The molecule has 1 saturated heterocycles. The van der Waals surface area contributed by atoms with Gasteiger partial charge in [-0.1, -0.05) is 226 Å². The summed E-state index contributed by atoms with van der Waals surface area (Å²) in [6, 6.07) is 0. The minimum Gasteiger partial charge on any atom is -0.479 e. The first-order chi connectivity index (χ1) is 40.6. The van der Waals surface area contributed by atoms with E-state index in [0.29, 0.717) is 19.3 Å². The molecule has 0 bridgehead atoms. The van der Waals surface area contributed by atoms with Crippen molar-refractivity contribution in [2.45, 2.75) is 289 Å². The fraction of sp³-hybridized carbons (Fsp3) is 0.662. The maximum Gasteiger partial charge on any atom is 0.335 e. The fourth-order valence-electron chi connectivity index (χ4n) is 9.09. The van der Waals surface area contributed by atoms with Gasteiger partial charge in [-0.25, -0.2) is 4.79 Å². The lowest BCUT2D eigenvalue weighted by Gasteiger charge is -2.40. The Kier molecular flexibility index (Phi) is 52.8. The molecule has 1 fully saturated rings. The van der Waals surface area contributed by atoms with Crippen molar-refractivity contribution in [1.29, 1.82) is 0 Å². The number of unbranched alkanes of at least 4 members (excludes halogenated alkanes) is 20. The number of rotatable bonds is 54. The number of carboxylic acid groups (broad SMARTS) is 1. The van der Waals surface area contributed by atoms with Crippen molar-refractivity contribution in [3.05, 3.63) is 122 Å². The number of carbonyl (C=O) groups is 4. The third-order valence-corrected chi connectivity index (χ3v) is 14.0. The molecule has 83 heavy (non-hydrogen) atoms. The van der Waals surface area contributed by atoms with Crippen molar-refractivity contribution in [1.82, 2.24) is 0 Å². The monoisotopic (exact) mass is 1160 g/mol. The van der Waals surface area contributed by atoms with Crippen molar-refractivity contribution in [3.8, 4) is 0 Å². The molecule has 1 heterocycles. The predicted molar refractivity (Wildman–Crippen MR) is 340 cm³/mol. The highest BCUT2D eigenvalue weighted by Gasteiger charge is 2.50. The molecule has 1 aliphatic heterocycles. The van der Waals surface area contributed by atoms with Crippen molar-refractivity contribution in [3.63, 3.8) is 0 Å². The molecule has 0 spiro atoms. The number of aliphatic hydroxyl groups is 2. The molecular formula is C71H114O12. The molecule has 12 heteroatoms. The van der Waals surface area contributed by atoms with Crippen LogP contribution in [0.2, 0.25) is 0 Å². The summed E-state index contributed by atoms with van der Waals surface area (Å²) >= 11 is 0. The zero-order chi connectivity index (χ0) is 60.3. The van der Waals surface area contributed by atoms with Gasteiger partial charge in [0.1, 0.15) is 18.8 Å². The number of esters is 3. The zero-order valence-electron chi connectivity index (χ0n) is 51.9. The Hall–Kier alpha value is -4.88. The summed E-state index contributed by atoms with van der Waals surface area (Å²) in [4.78, 5) is 51.4. The Balaban J connectivity index is 2.70. The van der Waals surface area contributed by atoms with Gasteiger partial charge < -0.3 is 39.0 Å². The molecule has 0 radical (unpaired) electrons. The third-order valence-electron chi connectivity index (χ3n) is 14.0. The van der Waals surface area contributed by atoms with Crippen LogP contribution in [-0.4, -0.2) is 89.2 Å². The van der Waals surface area contributed by atoms with Crippen LogP contribution in [0.4, 0.5) is 0 Å². The summed E-state index contributed by atoms with van der Waals surface area (Å²) < 4.78 is 28.5. The van der Waals surface area contributed by atoms with Gasteiger partial charge in [0.2, 0.25) is 0 Å². The van der Waals surface area contributed by atoms with Crippen LogP contribution in [0.5, 0.6) is 0 Å². The van der Waals surface area contributed by atoms with E-state index in [-0.39, 0.29) is 25.9 Å². The van der Waals surface area contributed by atoms with Crippen LogP contribution >= 0.6 is 0 Å². The molecule has 0 aliphatic carbocycles. The number of hydrogen-bond acceptors (Lipinski definition) is 11. The summed E-state index contributed by atoms with van der Waals surface area (Å²) in [6.07, 6.45) is 67.2. The molecule has 1 rings (SSSR count). The van der Waals surface area contributed by atoms with E-state index in [1.165, 1.54) is 19.3 Å². The van der Waals surface area contributed by atoms with E-state index in [4.69, 9.17) is 23.7 Å². The van der Waals surface area contributed by atoms with Gasteiger partial charge >= 0.3 is 23.9 Å². The van der Waals surface area contributed by atoms with Crippen LogP contribution in [0, 0.1) is 0 Å². The molecular weight excluding hydrogens is 1040 g/mol. The lowest BCUT2D eigenvalue weighted by Crippen LogP contribution is -2.61. The first-order valence-corrected chi connectivity index (χ1v) is 32.5. The molecule has 6 atom stereocenters. The number of aliphatic hydroxyl groups excluding tert-OH is 2. The molecule has 0 aromatic heterocycles. The normalized spacial score (nSPS) is 18.4. The predicted octanol–water partition coefficient (Wildman–Crippen LogP) is 17.6.